The van der Waals surface area contributed by atoms with Crippen LogP contribution >= 0.6 is 27.3 Å². The minimum Gasteiger partial charge on any atom is -0.496 e. The molecule has 1 aromatic heterocycles. The van der Waals surface area contributed by atoms with Gasteiger partial charge in [-0.05, 0) is 39.2 Å². The van der Waals surface area contributed by atoms with Gasteiger partial charge in [-0.2, -0.15) is 0 Å². The van der Waals surface area contributed by atoms with Gasteiger partial charge in [-0.15, -0.1) is 11.3 Å². The number of carbonyl (C=O) groups is 1. The molecule has 0 radical (unpaired) electrons. The van der Waals surface area contributed by atoms with Crippen LogP contribution in [0.25, 0.3) is 0 Å². The molecule has 1 heterocycles. The fraction of sp³-hybridized carbons (Fsp3) is 0.238. The van der Waals surface area contributed by atoms with Crippen molar-refractivity contribution in [3.8, 4) is 5.75 Å². The molecule has 2 aromatic carbocycles. The van der Waals surface area contributed by atoms with E-state index in [1.807, 2.05) is 55.6 Å². The molecule has 1 atom stereocenters. The second-order valence-electron chi connectivity index (χ2n) is 6.75. The number of thiazole rings is 1. The van der Waals surface area contributed by atoms with Gasteiger partial charge in [0.05, 0.1) is 17.0 Å². The summed E-state index contributed by atoms with van der Waals surface area (Å²) in [6.45, 7) is 3.93. The molecule has 1 N–H and O–H groups in total. The van der Waals surface area contributed by atoms with Gasteiger partial charge in [0.2, 0.25) is 5.91 Å². The van der Waals surface area contributed by atoms with Crippen molar-refractivity contribution in [3.05, 3.63) is 75.7 Å². The minimum atomic E-state index is -0.707. The van der Waals surface area contributed by atoms with Crippen LogP contribution in [0.4, 0.5) is 5.13 Å². The molecule has 0 unspecified atom stereocenters. The van der Waals surface area contributed by atoms with Crippen LogP contribution in [0.1, 0.15) is 30.9 Å². The Morgan fingerprint density at radius 3 is 2.52 bits per heavy atom. The first kappa shape index (κ1) is 19.6. The molecule has 0 aliphatic carbocycles. The number of benzene rings is 2. The van der Waals surface area contributed by atoms with E-state index in [1.165, 1.54) is 11.3 Å². The van der Waals surface area contributed by atoms with E-state index < -0.39 is 5.41 Å². The molecule has 0 aliphatic rings. The van der Waals surface area contributed by atoms with E-state index in [9.17, 15) is 4.79 Å². The number of hydrogen-bond acceptors (Lipinski definition) is 4. The minimum absolute atomic E-state index is 0.0711. The molecule has 0 saturated heterocycles. The van der Waals surface area contributed by atoms with Gasteiger partial charge in [0.25, 0.3) is 0 Å². The van der Waals surface area contributed by atoms with E-state index in [2.05, 4.69) is 38.4 Å². The maximum Gasteiger partial charge on any atom is 0.232 e. The van der Waals surface area contributed by atoms with Crippen molar-refractivity contribution in [2.45, 2.75) is 19.8 Å². The van der Waals surface area contributed by atoms with Gasteiger partial charge in [0.15, 0.2) is 5.13 Å². The monoisotopic (exact) mass is 444 g/mol. The first-order valence-corrected chi connectivity index (χ1v) is 10.2. The molecule has 0 spiro atoms. The van der Waals surface area contributed by atoms with Crippen molar-refractivity contribution in [3.63, 3.8) is 0 Å². The molecule has 0 saturated carbocycles. The summed E-state index contributed by atoms with van der Waals surface area (Å²) < 4.78 is 6.22. The zero-order valence-electron chi connectivity index (χ0n) is 15.4. The van der Waals surface area contributed by atoms with Gasteiger partial charge < -0.3 is 10.1 Å². The Kier molecular flexibility index (Phi) is 5.97. The molecule has 140 valence electrons. The van der Waals surface area contributed by atoms with E-state index in [-0.39, 0.29) is 11.8 Å². The van der Waals surface area contributed by atoms with Gasteiger partial charge in [0, 0.05) is 17.5 Å². The van der Waals surface area contributed by atoms with E-state index in [4.69, 9.17) is 4.74 Å². The summed E-state index contributed by atoms with van der Waals surface area (Å²) in [5.74, 6) is 0.551. The Balaban J connectivity index is 2.04. The number of anilines is 1. The number of rotatable bonds is 6. The van der Waals surface area contributed by atoms with Crippen LogP contribution in [0.5, 0.6) is 5.75 Å². The number of nitrogens with zero attached hydrogens (tertiary/aromatic N) is 1. The lowest BCUT2D eigenvalue weighted by Gasteiger charge is -2.34. The van der Waals surface area contributed by atoms with Gasteiger partial charge >= 0.3 is 0 Å². The molecule has 27 heavy (non-hydrogen) atoms. The molecular formula is C21H21BrN2O2S. The Labute approximate surface area is 171 Å². The Bertz CT molecular complexity index is 911. The average Bonchev–Trinajstić information content (AvgIpc) is 3.16. The lowest BCUT2D eigenvalue weighted by atomic mass is 9.70. The van der Waals surface area contributed by atoms with Crippen molar-refractivity contribution in [1.29, 1.82) is 0 Å². The number of nitrogens with one attached hydrogen (secondary N) is 1. The van der Waals surface area contributed by atoms with Crippen LogP contribution in [0.15, 0.2) is 64.6 Å². The van der Waals surface area contributed by atoms with Crippen LogP contribution in [-0.2, 0) is 4.79 Å². The smallest absolute Gasteiger partial charge is 0.232 e. The first-order chi connectivity index (χ1) is 12.9. The Morgan fingerprint density at radius 1 is 1.19 bits per heavy atom. The largest absolute Gasteiger partial charge is 0.496 e. The third-order valence-electron chi connectivity index (χ3n) is 4.60. The molecule has 0 aliphatic heterocycles. The summed E-state index contributed by atoms with van der Waals surface area (Å²) in [4.78, 5) is 17.3. The Morgan fingerprint density at radius 2 is 1.93 bits per heavy atom. The molecule has 4 nitrogen and oxygen atoms in total. The summed E-state index contributed by atoms with van der Waals surface area (Å²) in [5.41, 5.74) is 1.41. The highest BCUT2D eigenvalue weighted by Crippen LogP contribution is 2.43. The molecule has 1 amide bonds. The Hall–Kier alpha value is -2.18. The number of aromatic nitrogens is 1. The molecule has 6 heteroatoms. The molecule has 0 bridgehead atoms. The fourth-order valence-corrected chi connectivity index (χ4v) is 4.29. The lowest BCUT2D eigenvalue weighted by molar-refractivity contribution is -0.124. The summed E-state index contributed by atoms with van der Waals surface area (Å²) in [5, 5.41) is 5.40. The van der Waals surface area contributed by atoms with Crippen LogP contribution in [-0.4, -0.2) is 18.0 Å². The zero-order valence-corrected chi connectivity index (χ0v) is 17.8. The molecular weight excluding hydrogens is 424 g/mol. The van der Waals surface area contributed by atoms with E-state index in [0.717, 1.165) is 21.3 Å². The van der Waals surface area contributed by atoms with Crippen molar-refractivity contribution >= 4 is 38.3 Å². The van der Waals surface area contributed by atoms with Crippen LogP contribution in [0.2, 0.25) is 0 Å². The van der Waals surface area contributed by atoms with Gasteiger partial charge in [-0.3, -0.25) is 4.79 Å². The fourth-order valence-electron chi connectivity index (χ4n) is 3.21. The number of amides is 1. The van der Waals surface area contributed by atoms with Crippen molar-refractivity contribution in [2.75, 3.05) is 12.4 Å². The topological polar surface area (TPSA) is 51.2 Å². The lowest BCUT2D eigenvalue weighted by Crippen LogP contribution is -2.37. The third-order valence-corrected chi connectivity index (χ3v) is 5.91. The van der Waals surface area contributed by atoms with Crippen molar-refractivity contribution in [2.24, 2.45) is 5.41 Å². The summed E-state index contributed by atoms with van der Waals surface area (Å²) >= 11 is 4.98. The second-order valence-corrected chi connectivity index (χ2v) is 8.50. The predicted octanol–water partition coefficient (Wildman–Crippen LogP) is 5.71. The van der Waals surface area contributed by atoms with Crippen LogP contribution in [0, 0.1) is 5.41 Å². The van der Waals surface area contributed by atoms with Gasteiger partial charge in [-0.1, -0.05) is 50.2 Å². The number of halogens is 1. The van der Waals surface area contributed by atoms with Gasteiger partial charge in [0.1, 0.15) is 5.75 Å². The number of ether oxygens (including phenoxy) is 1. The molecule has 3 aromatic rings. The highest BCUT2D eigenvalue weighted by molar-refractivity contribution is 9.10. The highest BCUT2D eigenvalue weighted by atomic mass is 79.9. The van der Waals surface area contributed by atoms with E-state index in [0.29, 0.717) is 5.13 Å². The number of carbonyl (C=O) groups excluding carboxylic acids is 1. The first-order valence-electron chi connectivity index (χ1n) is 8.53. The maximum atomic E-state index is 13.1. The molecule has 3 rings (SSSR count). The summed E-state index contributed by atoms with van der Waals surface area (Å²) in [6.07, 6.45) is 1.68. The predicted molar refractivity (Wildman–Crippen MR) is 114 cm³/mol. The SMILES string of the molecule is COc1ccc([C@@H](c2ccccc2)C(C)(C)C(=O)Nc2nccs2)cc1Br. The third kappa shape index (κ3) is 4.22. The average molecular weight is 445 g/mol. The van der Waals surface area contributed by atoms with E-state index >= 15 is 0 Å². The summed E-state index contributed by atoms with van der Waals surface area (Å²) in [6, 6.07) is 16.0. The summed E-state index contributed by atoms with van der Waals surface area (Å²) in [7, 11) is 1.64. The zero-order chi connectivity index (χ0) is 19.4. The van der Waals surface area contributed by atoms with Crippen LogP contribution in [0.3, 0.4) is 0 Å². The quantitative estimate of drug-likeness (QED) is 0.529. The van der Waals surface area contributed by atoms with Gasteiger partial charge in [-0.25, -0.2) is 4.98 Å². The van der Waals surface area contributed by atoms with Crippen molar-refractivity contribution < 1.29 is 9.53 Å². The van der Waals surface area contributed by atoms with E-state index in [1.54, 1.807) is 13.3 Å². The molecule has 0 fully saturated rings. The standard InChI is InChI=1S/C21H21BrN2O2S/c1-21(2,19(25)24-20-23-11-12-27-20)18(14-7-5-4-6-8-14)15-9-10-17(26-3)16(22)13-15/h4-13,18H,1-3H3,(H,23,24,25)/t18-/m1/s1. The number of methoxy groups -OCH3 is 1. The van der Waals surface area contributed by atoms with Crippen molar-refractivity contribution in [1.82, 2.24) is 4.98 Å². The normalized spacial score (nSPS) is 12.4. The second kappa shape index (κ2) is 8.23. The highest BCUT2D eigenvalue weighted by Gasteiger charge is 2.39. The maximum absolute atomic E-state index is 13.1. The number of hydrogen-bond donors (Lipinski definition) is 1. The van der Waals surface area contributed by atoms with Crippen LogP contribution < -0.4 is 10.1 Å².